The summed E-state index contributed by atoms with van der Waals surface area (Å²) < 4.78 is 5.44. The fourth-order valence-electron chi connectivity index (χ4n) is 2.69. The van der Waals surface area contributed by atoms with Gasteiger partial charge in [-0.1, -0.05) is 20.3 Å². The highest BCUT2D eigenvalue weighted by Gasteiger charge is 2.33. The molecule has 4 heteroatoms. The summed E-state index contributed by atoms with van der Waals surface area (Å²) in [6.45, 7) is 12.7. The molecule has 0 spiro atoms. The molecule has 0 aromatic carbocycles. The van der Waals surface area contributed by atoms with Gasteiger partial charge in [-0.2, -0.15) is 0 Å². The van der Waals surface area contributed by atoms with Gasteiger partial charge in [0.05, 0.1) is 0 Å². The van der Waals surface area contributed by atoms with Crippen LogP contribution in [-0.4, -0.2) is 42.3 Å². The zero-order chi connectivity index (χ0) is 14.5. The number of nitrogens with one attached hydrogen (secondary N) is 1. The van der Waals surface area contributed by atoms with Crippen LogP contribution in [0.4, 0.5) is 4.79 Å². The Morgan fingerprint density at radius 1 is 1.42 bits per heavy atom. The van der Waals surface area contributed by atoms with Gasteiger partial charge in [-0.3, -0.25) is 0 Å². The van der Waals surface area contributed by atoms with Crippen molar-refractivity contribution < 1.29 is 9.53 Å². The van der Waals surface area contributed by atoms with E-state index in [1.165, 1.54) is 12.8 Å². The normalized spacial score (nSPS) is 21.5. The van der Waals surface area contributed by atoms with Gasteiger partial charge in [0.25, 0.3) is 0 Å². The highest BCUT2D eigenvalue weighted by molar-refractivity contribution is 5.68. The monoisotopic (exact) mass is 270 g/mol. The maximum absolute atomic E-state index is 12.0. The number of amides is 1. The van der Waals surface area contributed by atoms with Gasteiger partial charge in [-0.05, 0) is 46.1 Å². The molecule has 1 saturated heterocycles. The van der Waals surface area contributed by atoms with E-state index in [9.17, 15) is 4.79 Å². The van der Waals surface area contributed by atoms with E-state index in [1.54, 1.807) is 0 Å². The number of ether oxygens (including phenoxy) is 1. The Hall–Kier alpha value is -0.770. The molecule has 0 aromatic rings. The fraction of sp³-hybridized carbons (Fsp3) is 0.933. The lowest BCUT2D eigenvalue weighted by molar-refractivity contribution is 0.0285. The van der Waals surface area contributed by atoms with Gasteiger partial charge in [0.1, 0.15) is 5.60 Å². The second kappa shape index (κ2) is 7.13. The molecule has 1 amide bonds. The molecular weight excluding hydrogens is 240 g/mol. The first-order valence-electron chi connectivity index (χ1n) is 7.58. The predicted octanol–water partition coefficient (Wildman–Crippen LogP) is 3.02. The lowest BCUT2D eigenvalue weighted by Gasteiger charge is -2.26. The summed E-state index contributed by atoms with van der Waals surface area (Å²) in [7, 11) is 0. The second-order valence-corrected chi connectivity index (χ2v) is 6.43. The van der Waals surface area contributed by atoms with Crippen LogP contribution >= 0.6 is 0 Å². The maximum Gasteiger partial charge on any atom is 0.410 e. The molecule has 0 saturated carbocycles. The molecule has 1 N–H and O–H groups in total. The Labute approximate surface area is 117 Å². The second-order valence-electron chi connectivity index (χ2n) is 6.43. The minimum absolute atomic E-state index is 0.165. The Balaban J connectivity index is 2.49. The summed E-state index contributed by atoms with van der Waals surface area (Å²) in [5.41, 5.74) is -0.403. The van der Waals surface area contributed by atoms with Gasteiger partial charge < -0.3 is 15.0 Å². The Morgan fingerprint density at radius 2 is 2.11 bits per heavy atom. The average molecular weight is 270 g/mol. The van der Waals surface area contributed by atoms with E-state index < -0.39 is 5.60 Å². The van der Waals surface area contributed by atoms with Crippen LogP contribution in [0.1, 0.15) is 53.9 Å². The minimum Gasteiger partial charge on any atom is -0.444 e. The number of carbonyl (C=O) groups is 1. The first-order valence-corrected chi connectivity index (χ1v) is 7.58. The van der Waals surface area contributed by atoms with Crippen LogP contribution in [0.15, 0.2) is 0 Å². The Kier molecular flexibility index (Phi) is 6.11. The first-order chi connectivity index (χ1) is 8.87. The van der Waals surface area contributed by atoms with Crippen molar-refractivity contribution in [2.24, 2.45) is 5.92 Å². The summed E-state index contributed by atoms with van der Waals surface area (Å²) in [5, 5.41) is 3.55. The van der Waals surface area contributed by atoms with Crippen LogP contribution in [0.2, 0.25) is 0 Å². The minimum atomic E-state index is -0.403. The van der Waals surface area contributed by atoms with Crippen molar-refractivity contribution >= 4 is 6.09 Å². The Bertz CT molecular complexity index is 280. The molecule has 4 nitrogen and oxygen atoms in total. The fourth-order valence-corrected chi connectivity index (χ4v) is 2.69. The smallest absolute Gasteiger partial charge is 0.410 e. The number of hydrogen-bond donors (Lipinski definition) is 1. The lowest BCUT2D eigenvalue weighted by atomic mass is 9.95. The van der Waals surface area contributed by atoms with Gasteiger partial charge in [-0.15, -0.1) is 0 Å². The number of nitrogens with zero attached hydrogens (tertiary/aromatic N) is 1. The Morgan fingerprint density at radius 3 is 2.63 bits per heavy atom. The molecular formula is C15H30N2O2. The van der Waals surface area contributed by atoms with Gasteiger partial charge in [-0.25, -0.2) is 4.79 Å². The standard InChI is InChI=1S/C15H30N2O2/c1-6-8-13(16-7-2)12-9-10-17(11-12)14(18)19-15(3,4)5/h12-13,16H,6-11H2,1-5H3. The van der Waals surface area contributed by atoms with E-state index in [0.717, 1.165) is 26.1 Å². The van der Waals surface area contributed by atoms with Crippen LogP contribution in [0.3, 0.4) is 0 Å². The van der Waals surface area contributed by atoms with Crippen LogP contribution in [-0.2, 0) is 4.74 Å². The van der Waals surface area contributed by atoms with Crippen LogP contribution in [0, 0.1) is 5.92 Å². The van der Waals surface area contributed by atoms with Gasteiger partial charge in [0.15, 0.2) is 0 Å². The van der Waals surface area contributed by atoms with E-state index in [-0.39, 0.29) is 6.09 Å². The van der Waals surface area contributed by atoms with Crippen molar-refractivity contribution in [2.45, 2.75) is 65.5 Å². The van der Waals surface area contributed by atoms with Crippen molar-refractivity contribution in [1.29, 1.82) is 0 Å². The zero-order valence-electron chi connectivity index (χ0n) is 13.2. The van der Waals surface area contributed by atoms with Crippen molar-refractivity contribution in [3.63, 3.8) is 0 Å². The van der Waals surface area contributed by atoms with Crippen molar-refractivity contribution in [3.8, 4) is 0 Å². The highest BCUT2D eigenvalue weighted by Crippen LogP contribution is 2.24. The first kappa shape index (κ1) is 16.3. The largest absolute Gasteiger partial charge is 0.444 e. The third-order valence-electron chi connectivity index (χ3n) is 3.51. The predicted molar refractivity (Wildman–Crippen MR) is 78.3 cm³/mol. The van der Waals surface area contributed by atoms with Gasteiger partial charge in [0, 0.05) is 19.1 Å². The van der Waals surface area contributed by atoms with Gasteiger partial charge in [0.2, 0.25) is 0 Å². The van der Waals surface area contributed by atoms with E-state index >= 15 is 0 Å². The van der Waals surface area contributed by atoms with E-state index in [2.05, 4.69) is 19.2 Å². The van der Waals surface area contributed by atoms with Gasteiger partial charge >= 0.3 is 6.09 Å². The number of likely N-dealkylation sites (tertiary alicyclic amines) is 1. The quantitative estimate of drug-likeness (QED) is 0.835. The number of rotatable bonds is 5. The molecule has 0 radical (unpaired) electrons. The van der Waals surface area contributed by atoms with Crippen LogP contribution < -0.4 is 5.32 Å². The van der Waals surface area contributed by atoms with E-state index in [4.69, 9.17) is 4.74 Å². The molecule has 1 fully saturated rings. The van der Waals surface area contributed by atoms with Crippen molar-refractivity contribution in [3.05, 3.63) is 0 Å². The van der Waals surface area contributed by atoms with Crippen molar-refractivity contribution in [1.82, 2.24) is 10.2 Å². The highest BCUT2D eigenvalue weighted by atomic mass is 16.6. The van der Waals surface area contributed by atoms with Crippen molar-refractivity contribution in [2.75, 3.05) is 19.6 Å². The molecule has 112 valence electrons. The summed E-state index contributed by atoms with van der Waals surface area (Å²) in [4.78, 5) is 13.9. The topological polar surface area (TPSA) is 41.6 Å². The number of hydrogen-bond acceptors (Lipinski definition) is 3. The lowest BCUT2D eigenvalue weighted by Crippen LogP contribution is -2.39. The zero-order valence-corrected chi connectivity index (χ0v) is 13.2. The molecule has 1 rings (SSSR count). The summed E-state index contributed by atoms with van der Waals surface area (Å²) in [6.07, 6.45) is 3.28. The molecule has 19 heavy (non-hydrogen) atoms. The van der Waals surface area contributed by atoms with E-state index in [1.807, 2.05) is 25.7 Å². The SMILES string of the molecule is CCCC(NCC)C1CCN(C(=O)OC(C)(C)C)C1. The van der Waals surface area contributed by atoms with E-state index in [0.29, 0.717) is 12.0 Å². The van der Waals surface area contributed by atoms with Crippen LogP contribution in [0.5, 0.6) is 0 Å². The molecule has 0 bridgehead atoms. The summed E-state index contributed by atoms with van der Waals surface area (Å²) >= 11 is 0. The summed E-state index contributed by atoms with van der Waals surface area (Å²) in [6, 6.07) is 0.530. The molecule has 1 heterocycles. The third-order valence-corrected chi connectivity index (χ3v) is 3.51. The molecule has 2 unspecified atom stereocenters. The summed E-state index contributed by atoms with van der Waals surface area (Å²) in [5.74, 6) is 0.562. The molecule has 0 aliphatic carbocycles. The number of carbonyl (C=O) groups excluding carboxylic acids is 1. The third kappa shape index (κ3) is 5.39. The van der Waals surface area contributed by atoms with Crippen LogP contribution in [0.25, 0.3) is 0 Å². The molecule has 0 aromatic heterocycles. The average Bonchev–Trinajstić information content (AvgIpc) is 2.75. The maximum atomic E-state index is 12.0. The molecule has 1 aliphatic heterocycles. The molecule has 2 atom stereocenters. The molecule has 1 aliphatic rings.